The topological polar surface area (TPSA) is 18.5 Å². The minimum atomic E-state index is -2.76. The van der Waals surface area contributed by atoms with E-state index >= 15 is 0 Å². The summed E-state index contributed by atoms with van der Waals surface area (Å²) in [6.45, 7) is 15.2. The van der Waals surface area contributed by atoms with Crippen molar-refractivity contribution in [2.24, 2.45) is 17.3 Å². The second-order valence-corrected chi connectivity index (χ2v) is 12.9. The van der Waals surface area contributed by atoms with Gasteiger partial charge in [0.05, 0.1) is 0 Å². The lowest BCUT2D eigenvalue weighted by Gasteiger charge is -2.33. The van der Waals surface area contributed by atoms with Crippen molar-refractivity contribution in [2.75, 3.05) is 13.2 Å². The van der Waals surface area contributed by atoms with Gasteiger partial charge in [-0.25, -0.2) is 0 Å². The fourth-order valence-corrected chi connectivity index (χ4v) is 7.23. The molecule has 2 aromatic carbocycles. The zero-order valence-corrected chi connectivity index (χ0v) is 20.3. The molecule has 0 spiro atoms. The van der Waals surface area contributed by atoms with E-state index in [9.17, 15) is 0 Å². The van der Waals surface area contributed by atoms with E-state index < -0.39 is 8.56 Å². The first kappa shape index (κ1) is 23.9. The summed E-state index contributed by atoms with van der Waals surface area (Å²) in [6.07, 6.45) is 3.37. The largest absolute Gasteiger partial charge is 0.407 e. The highest BCUT2D eigenvalue weighted by molar-refractivity contribution is 6.92. The fraction of sp³-hybridized carbons (Fsp3) is 0.538. The number of benzene rings is 2. The number of hydrogen-bond acceptors (Lipinski definition) is 2. The molecule has 3 heteroatoms. The van der Waals surface area contributed by atoms with Gasteiger partial charge in [0.25, 0.3) is 0 Å². The van der Waals surface area contributed by atoms with Gasteiger partial charge in [0.2, 0.25) is 0 Å². The average molecular weight is 413 g/mol. The van der Waals surface area contributed by atoms with E-state index in [1.54, 1.807) is 0 Å². The zero-order valence-electron chi connectivity index (χ0n) is 19.3. The van der Waals surface area contributed by atoms with Gasteiger partial charge >= 0.3 is 8.56 Å². The quantitative estimate of drug-likeness (QED) is 0.344. The molecule has 0 fully saturated rings. The molecule has 0 aromatic heterocycles. The van der Waals surface area contributed by atoms with Crippen LogP contribution in [0.3, 0.4) is 0 Å². The van der Waals surface area contributed by atoms with Gasteiger partial charge in [0, 0.05) is 13.2 Å². The Morgan fingerprint density at radius 2 is 1.31 bits per heavy atom. The SMILES string of the molecule is CC(C)CCCO[Si](OCC(C)CC(C)(C)C)(c1ccccc1)c1ccccc1. The van der Waals surface area contributed by atoms with Gasteiger partial charge in [-0.1, -0.05) is 102 Å². The minimum Gasteiger partial charge on any atom is -0.388 e. The van der Waals surface area contributed by atoms with E-state index in [4.69, 9.17) is 8.85 Å². The third-order valence-corrected chi connectivity index (χ3v) is 8.44. The van der Waals surface area contributed by atoms with Gasteiger partial charge in [-0.3, -0.25) is 0 Å². The minimum absolute atomic E-state index is 0.296. The lowest BCUT2D eigenvalue weighted by Crippen LogP contribution is -2.64. The van der Waals surface area contributed by atoms with Gasteiger partial charge < -0.3 is 8.85 Å². The molecule has 2 nitrogen and oxygen atoms in total. The van der Waals surface area contributed by atoms with E-state index in [1.165, 1.54) is 16.8 Å². The first-order chi connectivity index (χ1) is 13.7. The van der Waals surface area contributed by atoms with E-state index in [2.05, 4.69) is 102 Å². The summed E-state index contributed by atoms with van der Waals surface area (Å²) < 4.78 is 13.6. The zero-order chi connectivity index (χ0) is 21.3. The first-order valence-electron chi connectivity index (χ1n) is 11.1. The van der Waals surface area contributed by atoms with Crippen molar-refractivity contribution >= 4 is 18.9 Å². The summed E-state index contributed by atoms with van der Waals surface area (Å²) in [4.78, 5) is 0. The summed E-state index contributed by atoms with van der Waals surface area (Å²) in [6, 6.07) is 21.2. The molecule has 1 unspecified atom stereocenters. The molecule has 0 aliphatic rings. The summed E-state index contributed by atoms with van der Waals surface area (Å²) in [7, 11) is -2.76. The second-order valence-electron chi connectivity index (χ2n) is 9.91. The van der Waals surface area contributed by atoms with Crippen LogP contribution in [0.2, 0.25) is 0 Å². The Morgan fingerprint density at radius 3 is 1.76 bits per heavy atom. The standard InChI is InChI=1S/C26H40O2Si/c1-22(2)14-13-19-27-29(24-15-9-7-10-16-24,25-17-11-8-12-18-25)28-21-23(3)20-26(4,5)6/h7-12,15-18,22-23H,13-14,19-21H2,1-6H3. The molecule has 29 heavy (non-hydrogen) atoms. The molecule has 2 aromatic rings. The molecule has 0 saturated heterocycles. The summed E-state index contributed by atoms with van der Waals surface area (Å²) in [5, 5.41) is 2.39. The molecule has 0 amide bonds. The van der Waals surface area contributed by atoms with Crippen LogP contribution >= 0.6 is 0 Å². The Kier molecular flexibility index (Phi) is 9.13. The van der Waals surface area contributed by atoms with E-state index in [0.717, 1.165) is 26.1 Å². The van der Waals surface area contributed by atoms with Crippen LogP contribution in [0.4, 0.5) is 0 Å². The molecule has 2 rings (SSSR count). The molecule has 0 N–H and O–H groups in total. The Bertz CT molecular complexity index is 652. The van der Waals surface area contributed by atoms with Gasteiger partial charge in [0.1, 0.15) is 0 Å². The molecule has 0 heterocycles. The van der Waals surface area contributed by atoms with Gasteiger partial charge in [0.15, 0.2) is 0 Å². The number of rotatable bonds is 11. The fourth-order valence-electron chi connectivity index (χ4n) is 3.93. The Hall–Kier alpha value is -1.42. The highest BCUT2D eigenvalue weighted by Crippen LogP contribution is 2.25. The van der Waals surface area contributed by atoms with Crippen molar-refractivity contribution in [1.29, 1.82) is 0 Å². The Labute approximate surface area is 179 Å². The normalized spacial score (nSPS) is 13.6. The van der Waals surface area contributed by atoms with E-state index in [1.807, 2.05) is 0 Å². The third kappa shape index (κ3) is 7.73. The summed E-state index contributed by atoms with van der Waals surface area (Å²) in [5.41, 5.74) is 0.296. The Morgan fingerprint density at radius 1 is 0.793 bits per heavy atom. The van der Waals surface area contributed by atoms with Crippen molar-refractivity contribution < 1.29 is 8.85 Å². The maximum atomic E-state index is 6.83. The molecular formula is C26H40O2Si. The van der Waals surface area contributed by atoms with Gasteiger partial charge in [-0.15, -0.1) is 0 Å². The van der Waals surface area contributed by atoms with Crippen molar-refractivity contribution in [2.45, 2.75) is 60.8 Å². The first-order valence-corrected chi connectivity index (χ1v) is 12.9. The maximum absolute atomic E-state index is 6.83. The lowest BCUT2D eigenvalue weighted by molar-refractivity contribution is 0.147. The molecule has 0 saturated carbocycles. The second kappa shape index (κ2) is 11.1. The number of hydrogen-bond donors (Lipinski definition) is 0. The van der Waals surface area contributed by atoms with Crippen molar-refractivity contribution in [3.8, 4) is 0 Å². The third-order valence-electron chi connectivity index (χ3n) is 5.07. The maximum Gasteiger partial charge on any atom is 0.407 e. The average Bonchev–Trinajstić information content (AvgIpc) is 2.67. The van der Waals surface area contributed by atoms with Gasteiger partial charge in [-0.2, -0.15) is 0 Å². The predicted octanol–water partition coefficient (Wildman–Crippen LogP) is 5.78. The monoisotopic (exact) mass is 412 g/mol. The van der Waals surface area contributed by atoms with Crippen LogP contribution in [0.5, 0.6) is 0 Å². The Balaban J connectivity index is 2.32. The highest BCUT2D eigenvalue weighted by Gasteiger charge is 2.43. The van der Waals surface area contributed by atoms with Gasteiger partial charge in [-0.05, 0) is 46.9 Å². The van der Waals surface area contributed by atoms with Crippen LogP contribution in [0, 0.1) is 17.3 Å². The predicted molar refractivity (Wildman–Crippen MR) is 127 cm³/mol. The van der Waals surface area contributed by atoms with Crippen LogP contribution in [-0.2, 0) is 8.85 Å². The lowest BCUT2D eigenvalue weighted by atomic mass is 9.86. The molecule has 0 radical (unpaired) electrons. The van der Waals surface area contributed by atoms with Crippen LogP contribution in [0.25, 0.3) is 0 Å². The van der Waals surface area contributed by atoms with Crippen LogP contribution < -0.4 is 10.4 Å². The van der Waals surface area contributed by atoms with E-state index in [-0.39, 0.29) is 0 Å². The summed E-state index contributed by atoms with van der Waals surface area (Å²) in [5.74, 6) is 1.17. The van der Waals surface area contributed by atoms with Crippen molar-refractivity contribution in [3.05, 3.63) is 60.7 Å². The smallest absolute Gasteiger partial charge is 0.388 e. The molecule has 0 bridgehead atoms. The van der Waals surface area contributed by atoms with E-state index in [0.29, 0.717) is 17.3 Å². The van der Waals surface area contributed by atoms with Crippen LogP contribution in [-0.4, -0.2) is 21.8 Å². The molecule has 0 aliphatic carbocycles. The molecular weight excluding hydrogens is 372 g/mol. The van der Waals surface area contributed by atoms with Crippen LogP contribution in [0.1, 0.15) is 60.8 Å². The van der Waals surface area contributed by atoms with Crippen molar-refractivity contribution in [1.82, 2.24) is 0 Å². The molecule has 0 aliphatic heterocycles. The van der Waals surface area contributed by atoms with Crippen LogP contribution in [0.15, 0.2) is 60.7 Å². The molecule has 160 valence electrons. The molecule has 1 atom stereocenters. The van der Waals surface area contributed by atoms with Crippen molar-refractivity contribution in [3.63, 3.8) is 0 Å². The summed E-state index contributed by atoms with van der Waals surface area (Å²) >= 11 is 0. The highest BCUT2D eigenvalue weighted by atomic mass is 28.4.